The van der Waals surface area contributed by atoms with E-state index in [1.54, 1.807) is 30.5 Å². The maximum Gasteiger partial charge on any atom is 0.290 e. The van der Waals surface area contributed by atoms with Gasteiger partial charge in [-0.05, 0) is 36.4 Å². The molecule has 0 aliphatic rings. The lowest BCUT2D eigenvalue weighted by Gasteiger charge is -2.12. The SMILES string of the molecule is O=C(c1ccc(Cl)s1)N(/N=C/c1ccco1)c1nc2ccccc2s1. The number of halogens is 1. The smallest absolute Gasteiger partial charge is 0.290 e. The van der Waals surface area contributed by atoms with Crippen molar-refractivity contribution in [1.82, 2.24) is 4.98 Å². The molecule has 0 N–H and O–H groups in total. The van der Waals surface area contributed by atoms with E-state index < -0.39 is 0 Å². The Bertz CT molecular complexity index is 1020. The van der Waals surface area contributed by atoms with E-state index in [9.17, 15) is 4.79 Å². The number of hydrogen-bond acceptors (Lipinski definition) is 6. The van der Waals surface area contributed by atoms with Gasteiger partial charge >= 0.3 is 0 Å². The molecule has 3 aromatic heterocycles. The number of fused-ring (bicyclic) bond motifs is 1. The largest absolute Gasteiger partial charge is 0.463 e. The van der Waals surface area contributed by atoms with Gasteiger partial charge in [0, 0.05) is 0 Å². The molecule has 1 aromatic carbocycles. The Morgan fingerprint density at radius 2 is 2.04 bits per heavy atom. The van der Waals surface area contributed by atoms with Gasteiger partial charge in [-0.1, -0.05) is 35.1 Å². The Kier molecular flexibility index (Phi) is 4.35. The maximum absolute atomic E-state index is 12.9. The molecule has 4 rings (SSSR count). The molecule has 4 aromatic rings. The van der Waals surface area contributed by atoms with E-state index in [0.717, 1.165) is 10.2 Å². The van der Waals surface area contributed by atoms with Gasteiger partial charge in [-0.15, -0.1) is 11.3 Å². The van der Waals surface area contributed by atoms with Crippen molar-refractivity contribution in [3.63, 3.8) is 0 Å². The quantitative estimate of drug-likeness (QED) is 0.353. The summed E-state index contributed by atoms with van der Waals surface area (Å²) in [7, 11) is 0. The van der Waals surface area contributed by atoms with Gasteiger partial charge in [-0.3, -0.25) is 4.79 Å². The van der Waals surface area contributed by atoms with Crippen LogP contribution in [0.4, 0.5) is 5.13 Å². The third-order valence-corrected chi connectivity index (χ3v) is 5.51. The van der Waals surface area contributed by atoms with Gasteiger partial charge in [0.2, 0.25) is 5.13 Å². The van der Waals surface area contributed by atoms with Crippen LogP contribution in [0, 0.1) is 0 Å². The summed E-state index contributed by atoms with van der Waals surface area (Å²) in [4.78, 5) is 17.9. The molecule has 0 unspecified atom stereocenters. The Morgan fingerprint density at radius 1 is 1.16 bits per heavy atom. The number of benzene rings is 1. The van der Waals surface area contributed by atoms with Crippen LogP contribution in [-0.4, -0.2) is 17.1 Å². The summed E-state index contributed by atoms with van der Waals surface area (Å²) < 4.78 is 6.77. The Balaban J connectivity index is 1.75. The molecule has 0 saturated heterocycles. The number of hydrazone groups is 1. The van der Waals surface area contributed by atoms with Crippen LogP contribution in [0.15, 0.2) is 64.3 Å². The number of furan rings is 1. The molecule has 8 heteroatoms. The first kappa shape index (κ1) is 16.0. The summed E-state index contributed by atoms with van der Waals surface area (Å²) in [5, 5.41) is 6.05. The molecule has 0 atom stereocenters. The van der Waals surface area contributed by atoms with Crippen LogP contribution in [0.5, 0.6) is 0 Å². The lowest BCUT2D eigenvalue weighted by molar-refractivity contribution is 0.0991. The molecular formula is C17H10ClN3O2S2. The minimum atomic E-state index is -0.293. The molecule has 5 nitrogen and oxygen atoms in total. The van der Waals surface area contributed by atoms with Crippen molar-refractivity contribution < 1.29 is 9.21 Å². The fourth-order valence-electron chi connectivity index (χ4n) is 2.15. The van der Waals surface area contributed by atoms with Gasteiger partial charge in [0.1, 0.15) is 5.76 Å². The zero-order chi connectivity index (χ0) is 17.2. The number of carbonyl (C=O) groups excluding carboxylic acids is 1. The fraction of sp³-hybridized carbons (Fsp3) is 0. The van der Waals surface area contributed by atoms with Crippen LogP contribution >= 0.6 is 34.3 Å². The monoisotopic (exact) mass is 387 g/mol. The van der Waals surface area contributed by atoms with E-state index in [0.29, 0.717) is 20.1 Å². The summed E-state index contributed by atoms with van der Waals surface area (Å²) in [5.74, 6) is 0.252. The van der Waals surface area contributed by atoms with Gasteiger partial charge in [0.25, 0.3) is 5.91 Å². The number of amides is 1. The summed E-state index contributed by atoms with van der Waals surface area (Å²) in [6.07, 6.45) is 3.03. The van der Waals surface area contributed by atoms with Crippen molar-refractivity contribution in [2.75, 3.05) is 5.01 Å². The minimum Gasteiger partial charge on any atom is -0.463 e. The molecule has 0 aliphatic carbocycles. The number of carbonyl (C=O) groups is 1. The van der Waals surface area contributed by atoms with Crippen molar-refractivity contribution in [3.8, 4) is 0 Å². The molecular weight excluding hydrogens is 378 g/mol. The first-order valence-corrected chi connectivity index (χ1v) is 9.25. The minimum absolute atomic E-state index is 0.293. The Labute approximate surface area is 155 Å². The molecule has 1 amide bonds. The lowest BCUT2D eigenvalue weighted by atomic mass is 10.3. The fourth-order valence-corrected chi connectivity index (χ4v) is 4.04. The highest BCUT2D eigenvalue weighted by molar-refractivity contribution is 7.22. The molecule has 0 radical (unpaired) electrons. The zero-order valence-corrected chi connectivity index (χ0v) is 15.0. The van der Waals surface area contributed by atoms with Crippen molar-refractivity contribution in [2.45, 2.75) is 0 Å². The second kappa shape index (κ2) is 6.79. The van der Waals surface area contributed by atoms with Crippen molar-refractivity contribution >= 4 is 61.7 Å². The zero-order valence-electron chi connectivity index (χ0n) is 12.6. The number of thiophene rings is 1. The number of aromatic nitrogens is 1. The lowest BCUT2D eigenvalue weighted by Crippen LogP contribution is -2.24. The average molecular weight is 388 g/mol. The molecule has 0 saturated carbocycles. The average Bonchev–Trinajstić information content (AvgIpc) is 3.34. The van der Waals surface area contributed by atoms with Crippen LogP contribution in [0.1, 0.15) is 15.4 Å². The van der Waals surface area contributed by atoms with Gasteiger partial charge in [0.15, 0.2) is 0 Å². The van der Waals surface area contributed by atoms with Crippen molar-refractivity contribution in [3.05, 3.63) is 69.8 Å². The molecule has 0 bridgehead atoms. The third-order valence-electron chi connectivity index (χ3n) is 3.28. The first-order chi connectivity index (χ1) is 12.2. The standard InChI is InChI=1S/C17H10ClN3O2S2/c18-15-8-7-14(24-15)16(22)21(19-10-11-4-3-9-23-11)17-20-12-5-1-2-6-13(12)25-17/h1-10H/b19-10+. The summed E-state index contributed by atoms with van der Waals surface area (Å²) >= 11 is 8.56. The first-order valence-electron chi connectivity index (χ1n) is 7.23. The van der Waals surface area contributed by atoms with Crippen LogP contribution in [0.25, 0.3) is 10.2 Å². The number of thiazole rings is 1. The van der Waals surface area contributed by atoms with E-state index in [-0.39, 0.29) is 5.91 Å². The highest BCUT2D eigenvalue weighted by atomic mass is 35.5. The van der Waals surface area contributed by atoms with Crippen molar-refractivity contribution in [1.29, 1.82) is 0 Å². The van der Waals surface area contributed by atoms with Crippen LogP contribution in [-0.2, 0) is 0 Å². The van der Waals surface area contributed by atoms with Gasteiger partial charge in [-0.2, -0.15) is 10.1 Å². The number of para-hydroxylation sites is 1. The predicted molar refractivity (Wildman–Crippen MR) is 102 cm³/mol. The van der Waals surface area contributed by atoms with E-state index in [2.05, 4.69) is 10.1 Å². The molecule has 0 fully saturated rings. The molecule has 0 aliphatic heterocycles. The molecule has 25 heavy (non-hydrogen) atoms. The highest BCUT2D eigenvalue weighted by Crippen LogP contribution is 2.31. The van der Waals surface area contributed by atoms with E-state index >= 15 is 0 Å². The normalized spacial score (nSPS) is 11.4. The van der Waals surface area contributed by atoms with Crippen molar-refractivity contribution in [2.24, 2.45) is 5.10 Å². The van der Waals surface area contributed by atoms with Crippen LogP contribution < -0.4 is 5.01 Å². The third kappa shape index (κ3) is 3.34. The predicted octanol–water partition coefficient (Wildman–Crippen LogP) is 5.29. The Morgan fingerprint density at radius 3 is 2.76 bits per heavy atom. The van der Waals surface area contributed by atoms with Crippen LogP contribution in [0.2, 0.25) is 4.34 Å². The summed E-state index contributed by atoms with van der Waals surface area (Å²) in [6.45, 7) is 0. The van der Waals surface area contributed by atoms with Gasteiger partial charge in [0.05, 0.1) is 31.9 Å². The topological polar surface area (TPSA) is 58.7 Å². The van der Waals surface area contributed by atoms with E-state index in [1.165, 1.54) is 33.9 Å². The van der Waals surface area contributed by atoms with Gasteiger partial charge in [-0.25, -0.2) is 4.98 Å². The number of anilines is 1. The maximum atomic E-state index is 12.9. The van der Waals surface area contributed by atoms with E-state index in [4.69, 9.17) is 16.0 Å². The second-order valence-electron chi connectivity index (χ2n) is 4.94. The summed E-state index contributed by atoms with van der Waals surface area (Å²) in [5.41, 5.74) is 0.817. The number of hydrogen-bond donors (Lipinski definition) is 0. The van der Waals surface area contributed by atoms with Gasteiger partial charge < -0.3 is 4.42 Å². The summed E-state index contributed by atoms with van der Waals surface area (Å²) in [6, 6.07) is 14.6. The molecule has 3 heterocycles. The number of rotatable bonds is 4. The van der Waals surface area contributed by atoms with E-state index in [1.807, 2.05) is 24.3 Å². The van der Waals surface area contributed by atoms with Crippen LogP contribution in [0.3, 0.4) is 0 Å². The second-order valence-corrected chi connectivity index (χ2v) is 7.67. The molecule has 124 valence electrons. The highest BCUT2D eigenvalue weighted by Gasteiger charge is 2.22. The molecule has 0 spiro atoms. The number of nitrogens with zero attached hydrogens (tertiary/aromatic N) is 3. The Hall–Kier alpha value is -2.48.